The van der Waals surface area contributed by atoms with E-state index in [2.05, 4.69) is 0 Å². The molecule has 0 aromatic heterocycles. The first kappa shape index (κ1) is 49.5. The van der Waals surface area contributed by atoms with Crippen LogP contribution in [-0.2, 0) is 40.5 Å². The fourth-order valence-corrected chi connectivity index (χ4v) is 14.2. The normalized spacial score (nSPS) is 12.3. The summed E-state index contributed by atoms with van der Waals surface area (Å²) in [4.78, 5) is 9.04. The molecule has 0 aliphatic rings. The second-order valence-corrected chi connectivity index (χ2v) is 26.4. The van der Waals surface area contributed by atoms with E-state index in [0.29, 0.717) is 24.5 Å². The van der Waals surface area contributed by atoms with Gasteiger partial charge in [0.1, 0.15) is 0 Å². The van der Waals surface area contributed by atoms with Gasteiger partial charge in [-0.05, 0) is 152 Å². The molecule has 0 aliphatic carbocycles. The van der Waals surface area contributed by atoms with Crippen LogP contribution in [0.1, 0.15) is 0 Å². The number of hydrogen-bond acceptors (Lipinski definition) is 15. The van der Waals surface area contributed by atoms with E-state index < -0.39 is 40.5 Å². The fourth-order valence-electron chi connectivity index (χ4n) is 5.65. The Labute approximate surface area is 406 Å². The molecule has 0 aliphatic heterocycles. The molecule has 23 heteroatoms. The first-order valence-corrected chi connectivity index (χ1v) is 29.1. The van der Waals surface area contributed by atoms with Crippen molar-refractivity contribution >= 4 is 124 Å². The van der Waals surface area contributed by atoms with Gasteiger partial charge in [-0.25, -0.2) is 0 Å². The van der Waals surface area contributed by atoms with Crippen molar-refractivity contribution in [3.05, 3.63) is 152 Å². The van der Waals surface area contributed by atoms with Crippen LogP contribution in [0.3, 0.4) is 0 Å². The van der Waals surface area contributed by atoms with Crippen LogP contribution in [0.2, 0.25) is 0 Å². The number of benzene rings is 7. The molecule has 0 unspecified atom stereocenters. The molecule has 7 aromatic carbocycles. The quantitative estimate of drug-likeness (QED) is 0.0449. The summed E-state index contributed by atoms with van der Waals surface area (Å²) in [5, 5.41) is 0. The minimum absolute atomic E-state index is 0.238. The van der Waals surface area contributed by atoms with Crippen LogP contribution in [-0.4, -0.2) is 51.9 Å². The zero-order valence-electron chi connectivity index (χ0n) is 32.5. The molecule has 0 spiro atoms. The Balaban J connectivity index is 1.19. The summed E-state index contributed by atoms with van der Waals surface area (Å²) in [6.45, 7) is 0. The summed E-state index contributed by atoms with van der Waals surface area (Å²) in [7, 11) is -17.5. The van der Waals surface area contributed by atoms with Crippen LogP contribution in [0, 0.1) is 0 Å². The van der Waals surface area contributed by atoms with E-state index >= 15 is 0 Å². The van der Waals surface area contributed by atoms with Crippen molar-refractivity contribution in [3.8, 4) is 0 Å². The lowest BCUT2D eigenvalue weighted by Crippen LogP contribution is -1.97. The molecule has 0 amide bonds. The van der Waals surface area contributed by atoms with Crippen molar-refractivity contribution in [2.45, 2.75) is 83.2 Å². The Morgan fingerprint density at radius 3 is 0.585 bits per heavy atom. The Hall–Kier alpha value is -3.37. The molecule has 0 fully saturated rings. The molecule has 12 nitrogen and oxygen atoms in total. The number of hydrogen-bond donors (Lipinski definition) is 5. The molecule has 7 rings (SSSR count). The summed E-state index contributed by atoms with van der Waals surface area (Å²) in [5.74, 6) is 0. The predicted molar refractivity (Wildman–Crippen MR) is 256 cm³/mol. The molecular formula is C42H30O12S11. The third-order valence-electron chi connectivity index (χ3n) is 8.47. The van der Waals surface area contributed by atoms with Crippen molar-refractivity contribution in [2.75, 3.05) is 0 Å². The lowest BCUT2D eigenvalue weighted by Gasteiger charge is -2.13. The molecule has 0 heterocycles. The molecule has 336 valence electrons. The van der Waals surface area contributed by atoms with Gasteiger partial charge in [-0.2, -0.15) is 33.7 Å². The highest BCUT2D eigenvalue weighted by Gasteiger charge is 2.16. The average Bonchev–Trinajstić information content (AvgIpc) is 3.20. The first-order chi connectivity index (χ1) is 30.5. The van der Waals surface area contributed by atoms with Crippen LogP contribution < -0.4 is 0 Å². The van der Waals surface area contributed by atoms with Gasteiger partial charge in [0.15, 0.2) is 0 Å². The number of thiol groups is 1. The van der Waals surface area contributed by atoms with Gasteiger partial charge in [0.2, 0.25) is 0 Å². The van der Waals surface area contributed by atoms with Gasteiger partial charge >= 0.3 is 0 Å². The molecule has 0 bridgehead atoms. The minimum Gasteiger partial charge on any atom is -0.282 e. The first-order valence-electron chi connectivity index (χ1n) is 18.0. The fraction of sp³-hybridized carbons (Fsp3) is 0. The van der Waals surface area contributed by atoms with Crippen LogP contribution in [0.5, 0.6) is 0 Å². The number of rotatable bonds is 16. The van der Waals surface area contributed by atoms with E-state index in [1.165, 1.54) is 119 Å². The van der Waals surface area contributed by atoms with Crippen molar-refractivity contribution < 1.29 is 51.9 Å². The van der Waals surface area contributed by atoms with E-state index in [-0.39, 0.29) is 19.6 Å². The highest BCUT2D eigenvalue weighted by atomic mass is 32.2. The lowest BCUT2D eigenvalue weighted by molar-refractivity contribution is 0.481. The highest BCUT2D eigenvalue weighted by molar-refractivity contribution is 8.02. The zero-order chi connectivity index (χ0) is 46.7. The van der Waals surface area contributed by atoms with Crippen LogP contribution in [0.25, 0.3) is 0 Å². The van der Waals surface area contributed by atoms with Crippen molar-refractivity contribution in [2.24, 2.45) is 0 Å². The minimum atomic E-state index is -4.38. The van der Waals surface area contributed by atoms with Crippen LogP contribution in [0.4, 0.5) is 0 Å². The average molecular weight is 1080 g/mol. The monoisotopic (exact) mass is 1080 g/mol. The van der Waals surface area contributed by atoms with Gasteiger partial charge in [0.25, 0.3) is 40.5 Å². The lowest BCUT2D eigenvalue weighted by atomic mass is 10.3. The standard InChI is InChI=1S/C42H30O12S11/c43-62(44,45)39-9-1-27(2-10-39)56-33-20-34(57-28-3-11-40(12-4-28)63(46,47)48)23-37(22-33)60-31-17-26(55)18-32(19-31)61-38-24-35(58-29-5-13-41(14-6-29)64(49,50)51)21-36(25-38)59-30-7-15-42(16-8-30)65(52,53)54/h1-25,55H,(H,43,44,45)(H,46,47,48)(H,49,50,51)(H,52,53,54). The molecule has 0 saturated heterocycles. The summed E-state index contributed by atoms with van der Waals surface area (Å²) in [5.41, 5.74) is 0. The van der Waals surface area contributed by atoms with Crippen LogP contribution in [0.15, 0.2) is 235 Å². The second-order valence-electron chi connectivity index (χ2n) is 13.3. The van der Waals surface area contributed by atoms with E-state index in [4.69, 9.17) is 12.6 Å². The molecule has 4 N–H and O–H groups in total. The van der Waals surface area contributed by atoms with Crippen LogP contribution >= 0.6 is 83.2 Å². The van der Waals surface area contributed by atoms with Gasteiger partial charge in [-0.1, -0.05) is 70.6 Å². The van der Waals surface area contributed by atoms with Crippen molar-refractivity contribution in [1.29, 1.82) is 0 Å². The molecule has 65 heavy (non-hydrogen) atoms. The zero-order valence-corrected chi connectivity index (χ0v) is 41.6. The van der Waals surface area contributed by atoms with Crippen molar-refractivity contribution in [1.82, 2.24) is 0 Å². The largest absolute Gasteiger partial charge is 0.294 e. The Morgan fingerprint density at radius 2 is 0.415 bits per heavy atom. The third-order valence-corrected chi connectivity index (χ3v) is 18.0. The maximum absolute atomic E-state index is 11.6. The van der Waals surface area contributed by atoms with E-state index in [0.717, 1.165) is 39.2 Å². The van der Waals surface area contributed by atoms with E-state index in [9.17, 15) is 51.9 Å². The maximum Gasteiger partial charge on any atom is 0.294 e. The van der Waals surface area contributed by atoms with Crippen molar-refractivity contribution in [3.63, 3.8) is 0 Å². The van der Waals surface area contributed by atoms with Gasteiger partial charge in [0, 0.05) is 63.6 Å². The molecule has 0 saturated carbocycles. The Kier molecular flexibility index (Phi) is 15.6. The van der Waals surface area contributed by atoms with Gasteiger partial charge < -0.3 is 0 Å². The molecular weight excluding hydrogens is 1050 g/mol. The second kappa shape index (κ2) is 20.5. The molecule has 0 radical (unpaired) electrons. The summed E-state index contributed by atoms with van der Waals surface area (Å²) >= 11 is 13.1. The maximum atomic E-state index is 11.6. The third kappa shape index (κ3) is 14.3. The van der Waals surface area contributed by atoms with E-state index in [1.807, 2.05) is 54.6 Å². The Bertz CT molecular complexity index is 2940. The topological polar surface area (TPSA) is 217 Å². The summed E-state index contributed by atoms with van der Waals surface area (Å²) in [6, 6.07) is 40.7. The summed E-state index contributed by atoms with van der Waals surface area (Å²) < 4.78 is 131. The predicted octanol–water partition coefficient (Wildman–Crippen LogP) is 11.9. The summed E-state index contributed by atoms with van der Waals surface area (Å²) in [6.07, 6.45) is 0. The van der Waals surface area contributed by atoms with Gasteiger partial charge in [-0.3, -0.25) is 18.2 Å². The highest BCUT2D eigenvalue weighted by Crippen LogP contribution is 2.43. The SMILES string of the molecule is O=S(=O)(O)c1ccc(Sc2cc(Sc3ccc(S(=O)(=O)O)cc3)cc(Sc3cc(S)cc(Sc4cc(Sc5ccc(S(=O)(=O)O)cc5)cc(Sc5ccc(S(=O)(=O)O)cc5)c4)c3)c2)cc1. The van der Waals surface area contributed by atoms with Gasteiger partial charge in [-0.15, -0.1) is 12.6 Å². The van der Waals surface area contributed by atoms with E-state index in [1.54, 1.807) is 48.5 Å². The van der Waals surface area contributed by atoms with Gasteiger partial charge in [0.05, 0.1) is 19.6 Å². The molecule has 0 atom stereocenters. The smallest absolute Gasteiger partial charge is 0.282 e. The Morgan fingerprint density at radius 1 is 0.262 bits per heavy atom. The molecule has 7 aromatic rings.